The maximum absolute atomic E-state index is 13.7. The number of nitrogens with zero attached hydrogens (tertiary/aromatic N) is 3. The van der Waals surface area contributed by atoms with Crippen LogP contribution in [0.5, 0.6) is 0 Å². The van der Waals surface area contributed by atoms with Crippen LogP contribution in [0.4, 0.5) is 10.2 Å². The van der Waals surface area contributed by atoms with Crippen molar-refractivity contribution in [3.63, 3.8) is 0 Å². The topological polar surface area (TPSA) is 64.7 Å². The Balaban J connectivity index is 1.95. The lowest BCUT2D eigenvalue weighted by Crippen LogP contribution is -1.95. The lowest BCUT2D eigenvalue weighted by Gasteiger charge is -2.12. The van der Waals surface area contributed by atoms with E-state index in [1.807, 2.05) is 30.3 Å². The molecule has 0 saturated carbocycles. The van der Waals surface area contributed by atoms with Crippen LogP contribution in [0.15, 0.2) is 55.0 Å². The summed E-state index contributed by atoms with van der Waals surface area (Å²) in [6, 6.07) is 12.0. The molecule has 0 aliphatic carbocycles. The lowest BCUT2D eigenvalue weighted by atomic mass is 9.98. The number of benzene rings is 2. The molecule has 2 aromatic carbocycles. The fourth-order valence-electron chi connectivity index (χ4n) is 2.80. The van der Waals surface area contributed by atoms with Crippen LogP contribution in [0, 0.1) is 5.82 Å². The van der Waals surface area contributed by atoms with Crippen molar-refractivity contribution in [3.05, 3.63) is 70.9 Å². The molecule has 0 aliphatic rings. The van der Waals surface area contributed by atoms with Crippen LogP contribution < -0.4 is 5.73 Å². The van der Waals surface area contributed by atoms with Crippen molar-refractivity contribution in [3.8, 4) is 22.4 Å². The zero-order chi connectivity index (χ0) is 18.3. The Kier molecular flexibility index (Phi) is 4.18. The van der Waals surface area contributed by atoms with E-state index in [0.717, 1.165) is 22.0 Å². The molecule has 2 N–H and O–H groups in total. The van der Waals surface area contributed by atoms with E-state index in [0.29, 0.717) is 17.1 Å². The summed E-state index contributed by atoms with van der Waals surface area (Å²) in [5.41, 5.74) is 9.52. The minimum atomic E-state index is -0.575. The molecule has 0 saturated heterocycles. The number of anilines is 1. The van der Waals surface area contributed by atoms with Crippen LogP contribution in [-0.2, 0) is 0 Å². The van der Waals surface area contributed by atoms with Gasteiger partial charge in [0, 0.05) is 22.7 Å². The number of fused-ring (bicyclic) bond motifs is 1. The van der Waals surface area contributed by atoms with Crippen molar-refractivity contribution < 1.29 is 4.39 Å². The van der Waals surface area contributed by atoms with Gasteiger partial charge >= 0.3 is 0 Å². The zero-order valence-electron chi connectivity index (χ0n) is 13.2. The number of halogens is 3. The normalized spacial score (nSPS) is 11.0. The van der Waals surface area contributed by atoms with Crippen molar-refractivity contribution in [2.75, 3.05) is 5.73 Å². The molecular formula is C19H11Cl2FN4. The highest BCUT2D eigenvalue weighted by Crippen LogP contribution is 2.37. The molecule has 4 nitrogen and oxygen atoms in total. The molecule has 2 heterocycles. The van der Waals surface area contributed by atoms with Gasteiger partial charge in [-0.05, 0) is 35.9 Å². The van der Waals surface area contributed by atoms with Gasteiger partial charge in [-0.15, -0.1) is 0 Å². The monoisotopic (exact) mass is 384 g/mol. The van der Waals surface area contributed by atoms with Crippen molar-refractivity contribution in [2.24, 2.45) is 0 Å². The van der Waals surface area contributed by atoms with E-state index in [4.69, 9.17) is 28.9 Å². The predicted octanol–water partition coefficient (Wildman–Crippen LogP) is 5.39. The van der Waals surface area contributed by atoms with Crippen molar-refractivity contribution in [1.82, 2.24) is 15.0 Å². The maximum atomic E-state index is 13.7. The molecule has 4 aromatic rings. The Morgan fingerprint density at radius 1 is 0.885 bits per heavy atom. The number of hydrogen-bond donors (Lipinski definition) is 1. The highest BCUT2D eigenvalue weighted by atomic mass is 35.5. The SMILES string of the molecule is Nc1ncnc2ccc(-c3cccnc3-c3cc(Cl)c(F)cc3Cl)cc12. The zero-order valence-corrected chi connectivity index (χ0v) is 14.8. The van der Waals surface area contributed by atoms with Crippen LogP contribution >= 0.6 is 23.2 Å². The van der Waals surface area contributed by atoms with Crippen LogP contribution in [0.2, 0.25) is 10.0 Å². The Labute approximate surface area is 158 Å². The van der Waals surface area contributed by atoms with E-state index in [2.05, 4.69) is 15.0 Å². The summed E-state index contributed by atoms with van der Waals surface area (Å²) in [5, 5.41) is 0.954. The minimum absolute atomic E-state index is 0.0165. The number of pyridine rings is 1. The van der Waals surface area contributed by atoms with E-state index < -0.39 is 5.82 Å². The quantitative estimate of drug-likeness (QED) is 0.470. The predicted molar refractivity (Wildman–Crippen MR) is 103 cm³/mol. The Hall–Kier alpha value is -2.76. The third kappa shape index (κ3) is 2.85. The second-order valence-electron chi connectivity index (χ2n) is 5.64. The third-order valence-electron chi connectivity index (χ3n) is 4.05. The minimum Gasteiger partial charge on any atom is -0.383 e. The molecule has 0 atom stereocenters. The lowest BCUT2D eigenvalue weighted by molar-refractivity contribution is 0.628. The fraction of sp³-hybridized carbons (Fsp3) is 0. The highest BCUT2D eigenvalue weighted by Gasteiger charge is 2.15. The maximum Gasteiger partial charge on any atom is 0.143 e. The molecule has 0 radical (unpaired) electrons. The smallest absolute Gasteiger partial charge is 0.143 e. The molecule has 128 valence electrons. The Morgan fingerprint density at radius 2 is 1.73 bits per heavy atom. The van der Waals surface area contributed by atoms with E-state index in [1.54, 1.807) is 6.20 Å². The first-order valence-electron chi connectivity index (χ1n) is 7.65. The van der Waals surface area contributed by atoms with Gasteiger partial charge in [-0.3, -0.25) is 4.98 Å². The fourth-order valence-corrected chi connectivity index (χ4v) is 3.20. The molecule has 0 fully saturated rings. The van der Waals surface area contributed by atoms with Gasteiger partial charge in [0.2, 0.25) is 0 Å². The molecule has 7 heteroatoms. The molecule has 0 aliphatic heterocycles. The Morgan fingerprint density at radius 3 is 2.58 bits per heavy atom. The molecule has 4 rings (SSSR count). The van der Waals surface area contributed by atoms with E-state index in [1.165, 1.54) is 18.5 Å². The molecule has 0 spiro atoms. The van der Waals surface area contributed by atoms with Gasteiger partial charge < -0.3 is 5.73 Å². The number of nitrogen functional groups attached to an aromatic ring is 1. The number of aromatic nitrogens is 3. The van der Waals surface area contributed by atoms with Crippen LogP contribution in [0.3, 0.4) is 0 Å². The second-order valence-corrected chi connectivity index (χ2v) is 6.45. The van der Waals surface area contributed by atoms with Gasteiger partial charge in [-0.2, -0.15) is 0 Å². The van der Waals surface area contributed by atoms with Crippen molar-refractivity contribution >= 4 is 39.9 Å². The summed E-state index contributed by atoms with van der Waals surface area (Å²) in [6.07, 6.45) is 3.07. The van der Waals surface area contributed by atoms with Gasteiger partial charge in [0.15, 0.2) is 0 Å². The average molecular weight is 385 g/mol. The van der Waals surface area contributed by atoms with Crippen LogP contribution in [-0.4, -0.2) is 15.0 Å². The van der Waals surface area contributed by atoms with Crippen molar-refractivity contribution in [1.29, 1.82) is 0 Å². The van der Waals surface area contributed by atoms with E-state index >= 15 is 0 Å². The van der Waals surface area contributed by atoms with Gasteiger partial charge in [0.1, 0.15) is 18.0 Å². The summed E-state index contributed by atoms with van der Waals surface area (Å²) >= 11 is 12.2. The first-order chi connectivity index (χ1) is 12.5. The highest BCUT2D eigenvalue weighted by molar-refractivity contribution is 6.35. The summed E-state index contributed by atoms with van der Waals surface area (Å²) in [6.45, 7) is 0. The number of nitrogens with two attached hydrogens (primary N) is 1. The second kappa shape index (κ2) is 6.52. The van der Waals surface area contributed by atoms with Gasteiger partial charge in [-0.1, -0.05) is 35.3 Å². The summed E-state index contributed by atoms with van der Waals surface area (Å²) < 4.78 is 13.7. The van der Waals surface area contributed by atoms with Crippen LogP contribution in [0.25, 0.3) is 33.3 Å². The molecule has 0 amide bonds. The van der Waals surface area contributed by atoms with E-state index in [-0.39, 0.29) is 10.0 Å². The molecule has 2 aromatic heterocycles. The first kappa shape index (κ1) is 16.7. The molecule has 0 bridgehead atoms. The van der Waals surface area contributed by atoms with Gasteiger partial charge in [-0.25, -0.2) is 14.4 Å². The number of hydrogen-bond acceptors (Lipinski definition) is 4. The van der Waals surface area contributed by atoms with E-state index in [9.17, 15) is 4.39 Å². The third-order valence-corrected chi connectivity index (χ3v) is 4.65. The molecular weight excluding hydrogens is 374 g/mol. The summed E-state index contributed by atoms with van der Waals surface area (Å²) in [5.74, 6) is -0.182. The molecule has 26 heavy (non-hydrogen) atoms. The standard InChI is InChI=1S/C19H11Cl2FN4/c20-14-8-16(22)15(21)7-12(14)18-11(2-1-5-24-18)10-3-4-17-13(6-10)19(23)26-9-25-17/h1-9H,(H2,23,25,26). The van der Waals surface area contributed by atoms with Gasteiger partial charge in [0.05, 0.1) is 21.3 Å². The largest absolute Gasteiger partial charge is 0.383 e. The Bertz CT molecular complexity index is 1150. The number of rotatable bonds is 2. The van der Waals surface area contributed by atoms with Crippen LogP contribution in [0.1, 0.15) is 0 Å². The summed E-state index contributed by atoms with van der Waals surface area (Å²) in [4.78, 5) is 12.7. The molecule has 0 unspecified atom stereocenters. The first-order valence-corrected chi connectivity index (χ1v) is 8.41. The van der Waals surface area contributed by atoms with Gasteiger partial charge in [0.25, 0.3) is 0 Å². The average Bonchev–Trinajstić information content (AvgIpc) is 2.65. The van der Waals surface area contributed by atoms with Crippen molar-refractivity contribution in [2.45, 2.75) is 0 Å². The summed E-state index contributed by atoms with van der Waals surface area (Å²) in [7, 11) is 0.